The zero-order valence-corrected chi connectivity index (χ0v) is 26.5. The van der Waals surface area contributed by atoms with Gasteiger partial charge in [0.2, 0.25) is 0 Å². The molecule has 1 aliphatic carbocycles. The van der Waals surface area contributed by atoms with E-state index in [2.05, 4.69) is 26.1 Å². The summed E-state index contributed by atoms with van der Waals surface area (Å²) >= 11 is 0. The van der Waals surface area contributed by atoms with Crippen LogP contribution in [0.5, 0.6) is 11.5 Å². The topological polar surface area (TPSA) is 71.0 Å². The Kier molecular flexibility index (Phi) is 12.0. The first-order valence-electron chi connectivity index (χ1n) is 14.3. The second kappa shape index (κ2) is 14.9. The molecule has 0 radical (unpaired) electrons. The van der Waals surface area contributed by atoms with Gasteiger partial charge in [-0.1, -0.05) is 45.0 Å². The fourth-order valence-corrected chi connectivity index (χ4v) is 5.70. The highest BCUT2D eigenvalue weighted by Crippen LogP contribution is 2.46. The van der Waals surface area contributed by atoms with Crippen molar-refractivity contribution in [3.05, 3.63) is 94.8 Å². The lowest BCUT2D eigenvalue weighted by atomic mass is 9.87. The lowest BCUT2D eigenvalue weighted by Crippen LogP contribution is -2.33. The number of hydrogen-bond acceptors (Lipinski definition) is 5. The number of benzene rings is 3. The number of fused-ring (bicyclic) bond motifs is 1. The van der Waals surface area contributed by atoms with Gasteiger partial charge in [0, 0.05) is 56.3 Å². The highest BCUT2D eigenvalue weighted by atomic mass is 35.5. The second-order valence-electron chi connectivity index (χ2n) is 12.3. The van der Waals surface area contributed by atoms with Crippen molar-refractivity contribution in [1.82, 2.24) is 10.2 Å². The molecule has 2 unspecified atom stereocenters. The zero-order valence-electron chi connectivity index (χ0n) is 24.9. The molecule has 11 heteroatoms. The normalized spacial score (nSPS) is 19.7. The Balaban J connectivity index is 0.00000264. The molecular weight excluding hydrogens is 616 g/mol. The molecule has 3 aromatic rings. The highest BCUT2D eigenvalue weighted by molar-refractivity contribution is 5.85. The van der Waals surface area contributed by atoms with Crippen LogP contribution < -0.4 is 14.8 Å². The minimum Gasteiger partial charge on any atom is -0.492 e. The molecule has 1 aliphatic heterocycles. The Bertz CT molecular complexity index is 1370. The van der Waals surface area contributed by atoms with E-state index < -0.39 is 29.5 Å². The molecule has 2 fully saturated rings. The number of carboxylic acid groups (broad SMARTS) is 1. The molecule has 44 heavy (non-hydrogen) atoms. The SMILES string of the molecule is CC(C)(C)c1ccc(O[C@@H](Cc2ccc(OCCNC3C4CN(Cc5c(F)cc(F)cc5F)C[C@@H]43)cc2)C(=O)O)cc1.Cl.Cl. The van der Waals surface area contributed by atoms with Crippen molar-refractivity contribution in [3.63, 3.8) is 0 Å². The van der Waals surface area contributed by atoms with Crippen LogP contribution in [0.1, 0.15) is 37.5 Å². The molecule has 2 aliphatic rings. The standard InChI is InChI=1S/C33H37F3N2O4.2ClH/c1-33(2,3)21-6-10-24(11-7-21)42-30(32(39)40)14-20-4-8-23(9-5-20)41-13-12-37-31-25-17-38(18-26(25)31)19-27-28(35)15-22(34)16-29(27)36;;/h4-11,15-16,25-26,30-31,37H,12-14,17-19H2,1-3H3,(H,39,40);2*1H/t25-,26?,30-,31?;;/m0../s1. The number of halogens is 5. The summed E-state index contributed by atoms with van der Waals surface area (Å²) < 4.78 is 52.7. The summed E-state index contributed by atoms with van der Waals surface area (Å²) in [4.78, 5) is 13.9. The summed E-state index contributed by atoms with van der Waals surface area (Å²) in [5, 5.41) is 13.2. The minimum atomic E-state index is -1.02. The van der Waals surface area contributed by atoms with E-state index in [1.165, 1.54) is 0 Å². The van der Waals surface area contributed by atoms with E-state index >= 15 is 0 Å². The number of ether oxygens (including phenoxy) is 2. The van der Waals surface area contributed by atoms with Crippen molar-refractivity contribution >= 4 is 30.8 Å². The van der Waals surface area contributed by atoms with Crippen molar-refractivity contribution in [2.24, 2.45) is 11.8 Å². The van der Waals surface area contributed by atoms with E-state index in [1.807, 2.05) is 53.4 Å². The van der Waals surface area contributed by atoms with Crippen LogP contribution in [0.2, 0.25) is 0 Å². The van der Waals surface area contributed by atoms with Crippen molar-refractivity contribution in [2.45, 2.75) is 51.3 Å². The van der Waals surface area contributed by atoms with Crippen molar-refractivity contribution in [1.29, 1.82) is 0 Å². The zero-order chi connectivity index (χ0) is 30.0. The average molecular weight is 656 g/mol. The van der Waals surface area contributed by atoms with Crippen LogP contribution in [-0.2, 0) is 23.2 Å². The summed E-state index contributed by atoms with van der Waals surface area (Å²) in [7, 11) is 0. The monoisotopic (exact) mass is 654 g/mol. The summed E-state index contributed by atoms with van der Waals surface area (Å²) in [5.74, 6) is -1.55. The van der Waals surface area contributed by atoms with Gasteiger partial charge in [-0.15, -0.1) is 24.8 Å². The maximum atomic E-state index is 14.0. The Morgan fingerprint density at radius 3 is 2.07 bits per heavy atom. The molecule has 3 aromatic carbocycles. The number of aliphatic carboxylic acids is 1. The summed E-state index contributed by atoms with van der Waals surface area (Å²) in [6.07, 6.45) is -0.788. The average Bonchev–Trinajstić information content (AvgIpc) is 3.37. The van der Waals surface area contributed by atoms with Crippen molar-refractivity contribution in [2.75, 3.05) is 26.2 Å². The maximum absolute atomic E-state index is 14.0. The number of carboxylic acids is 1. The summed E-state index contributed by atoms with van der Waals surface area (Å²) in [6.45, 7) is 9.10. The molecule has 6 nitrogen and oxygen atoms in total. The predicted octanol–water partition coefficient (Wildman–Crippen LogP) is 6.42. The van der Waals surface area contributed by atoms with Crippen LogP contribution in [0.4, 0.5) is 13.2 Å². The van der Waals surface area contributed by atoms with E-state index in [0.29, 0.717) is 42.5 Å². The molecule has 0 bridgehead atoms. The molecule has 5 rings (SSSR count). The fourth-order valence-electron chi connectivity index (χ4n) is 5.70. The number of piperidine rings is 1. The predicted molar refractivity (Wildman–Crippen MR) is 168 cm³/mol. The maximum Gasteiger partial charge on any atom is 0.345 e. The van der Waals surface area contributed by atoms with Gasteiger partial charge in [0.15, 0.2) is 6.10 Å². The summed E-state index contributed by atoms with van der Waals surface area (Å²) in [6, 6.07) is 16.7. The van der Waals surface area contributed by atoms with E-state index in [9.17, 15) is 23.1 Å². The number of hydrogen-bond donors (Lipinski definition) is 2. The van der Waals surface area contributed by atoms with Crippen LogP contribution in [0.3, 0.4) is 0 Å². The summed E-state index contributed by atoms with van der Waals surface area (Å²) in [5.41, 5.74) is 1.89. The Morgan fingerprint density at radius 1 is 0.955 bits per heavy atom. The van der Waals surface area contributed by atoms with Gasteiger partial charge in [-0.3, -0.25) is 4.90 Å². The third-order valence-corrected chi connectivity index (χ3v) is 8.13. The van der Waals surface area contributed by atoms with Crippen LogP contribution in [0.15, 0.2) is 60.7 Å². The van der Waals surface area contributed by atoms with E-state index in [1.54, 1.807) is 0 Å². The van der Waals surface area contributed by atoms with Crippen LogP contribution >= 0.6 is 24.8 Å². The smallest absolute Gasteiger partial charge is 0.345 e. The third kappa shape index (κ3) is 8.81. The molecule has 0 aromatic heterocycles. The molecule has 2 N–H and O–H groups in total. The van der Waals surface area contributed by atoms with E-state index in [-0.39, 0.29) is 48.8 Å². The number of likely N-dealkylation sites (tertiary alicyclic amines) is 1. The fraction of sp³-hybridized carbons (Fsp3) is 0.424. The van der Waals surface area contributed by atoms with E-state index in [0.717, 1.165) is 36.3 Å². The van der Waals surface area contributed by atoms with Crippen LogP contribution in [0.25, 0.3) is 0 Å². The highest BCUT2D eigenvalue weighted by Gasteiger charge is 2.55. The molecular formula is C33H39Cl2F3N2O4. The Morgan fingerprint density at radius 2 is 1.52 bits per heavy atom. The first-order chi connectivity index (χ1) is 20.0. The lowest BCUT2D eigenvalue weighted by Gasteiger charge is -2.20. The van der Waals surface area contributed by atoms with Gasteiger partial charge in [0.05, 0.1) is 0 Å². The molecule has 0 spiro atoms. The third-order valence-electron chi connectivity index (χ3n) is 8.13. The van der Waals surface area contributed by atoms with Gasteiger partial charge in [0.1, 0.15) is 35.6 Å². The van der Waals surface area contributed by atoms with Gasteiger partial charge in [-0.05, 0) is 52.6 Å². The number of nitrogens with one attached hydrogen (secondary N) is 1. The lowest BCUT2D eigenvalue weighted by molar-refractivity contribution is -0.145. The van der Waals surface area contributed by atoms with Crippen LogP contribution in [-0.4, -0.2) is 54.4 Å². The molecule has 1 heterocycles. The van der Waals surface area contributed by atoms with E-state index in [4.69, 9.17) is 9.47 Å². The van der Waals surface area contributed by atoms with Crippen LogP contribution in [0, 0.1) is 29.3 Å². The Hall–Kier alpha value is -2.98. The van der Waals surface area contributed by atoms with Crippen molar-refractivity contribution in [3.8, 4) is 11.5 Å². The molecule has 1 saturated carbocycles. The molecule has 4 atom stereocenters. The van der Waals surface area contributed by atoms with Gasteiger partial charge in [0.25, 0.3) is 0 Å². The first kappa shape index (κ1) is 35.5. The van der Waals surface area contributed by atoms with Gasteiger partial charge >= 0.3 is 5.97 Å². The second-order valence-corrected chi connectivity index (χ2v) is 12.3. The van der Waals surface area contributed by atoms with Gasteiger partial charge in [-0.2, -0.15) is 0 Å². The van der Waals surface area contributed by atoms with Gasteiger partial charge in [-0.25, -0.2) is 18.0 Å². The quantitative estimate of drug-likeness (QED) is 0.220. The number of nitrogens with zero attached hydrogens (tertiary/aromatic N) is 1. The molecule has 240 valence electrons. The minimum absolute atomic E-state index is 0. The van der Waals surface area contributed by atoms with Crippen molar-refractivity contribution < 1.29 is 32.5 Å². The number of carbonyl (C=O) groups is 1. The largest absolute Gasteiger partial charge is 0.492 e. The number of rotatable bonds is 12. The first-order valence-corrected chi connectivity index (χ1v) is 14.3. The Labute approximate surface area is 268 Å². The molecule has 0 amide bonds. The molecule has 1 saturated heterocycles. The van der Waals surface area contributed by atoms with Gasteiger partial charge < -0.3 is 19.9 Å².